The van der Waals surface area contributed by atoms with Crippen molar-refractivity contribution in [1.82, 2.24) is 0 Å². The van der Waals surface area contributed by atoms with Crippen molar-refractivity contribution in [3.8, 4) is 0 Å². The first-order valence-corrected chi connectivity index (χ1v) is 9.39. The maximum atomic E-state index is 13.0. The smallest absolute Gasteiger partial charge is 0.319 e. The number of nitro benzene ring substituents is 1. The lowest BCUT2D eigenvalue weighted by molar-refractivity contribution is -0.384. The van der Waals surface area contributed by atoms with Crippen molar-refractivity contribution < 1.29 is 14.5 Å². The predicted molar refractivity (Wildman–Crippen MR) is 99.6 cm³/mol. The van der Waals surface area contributed by atoms with Crippen molar-refractivity contribution in [3.63, 3.8) is 0 Å². The number of ether oxygens (including phenoxy) is 1. The largest absolute Gasteiger partial charge is 0.425 e. The fraction of sp³-hybridized carbons (Fsp3) is 0.318. The average molecular weight is 361 g/mol. The highest BCUT2D eigenvalue weighted by molar-refractivity contribution is 5.89. The molecule has 0 aromatic heterocycles. The van der Waals surface area contributed by atoms with Crippen molar-refractivity contribution in [1.29, 1.82) is 0 Å². The molecule has 0 saturated heterocycles. The number of esters is 1. The van der Waals surface area contributed by atoms with E-state index in [2.05, 4.69) is 0 Å². The molecule has 1 unspecified atom stereocenters. The van der Waals surface area contributed by atoms with E-state index in [1.165, 1.54) is 17.7 Å². The number of nitrogens with zero attached hydrogens (tertiary/aromatic N) is 1. The van der Waals surface area contributed by atoms with Crippen LogP contribution in [0.4, 0.5) is 5.69 Å². The lowest BCUT2D eigenvalue weighted by Gasteiger charge is -2.37. The first kappa shape index (κ1) is 16.2. The van der Waals surface area contributed by atoms with Crippen LogP contribution >= 0.6 is 0 Å². The van der Waals surface area contributed by atoms with Crippen LogP contribution in [0.1, 0.15) is 36.3 Å². The number of rotatable bonds is 3. The number of carbonyl (C=O) groups is 1. The third kappa shape index (κ3) is 2.49. The Bertz CT molecular complexity index is 948. The standard InChI is InChI=1S/C22H19NO4/c24-22-20(13-8-10-17(11-9-13)23(25)26)18-15-6-7-16(12-15)19(18)21(27-22)14-4-2-1-3-5-14/h1-5,8-11,15-16,18,20H,6-7,12H2/t15?,16-,18+,20-/m1/s1. The number of nitro groups is 1. The van der Waals surface area contributed by atoms with E-state index in [0.29, 0.717) is 11.8 Å². The van der Waals surface area contributed by atoms with E-state index < -0.39 is 4.92 Å². The summed E-state index contributed by atoms with van der Waals surface area (Å²) >= 11 is 0. The van der Waals surface area contributed by atoms with Gasteiger partial charge >= 0.3 is 5.97 Å². The number of fused-ring (bicyclic) bond motifs is 5. The Hall–Kier alpha value is -2.95. The molecule has 1 heterocycles. The zero-order valence-corrected chi connectivity index (χ0v) is 14.7. The van der Waals surface area contributed by atoms with Gasteiger partial charge in [-0.1, -0.05) is 42.5 Å². The van der Waals surface area contributed by atoms with Gasteiger partial charge in [0.15, 0.2) is 0 Å². The summed E-state index contributed by atoms with van der Waals surface area (Å²) in [5.74, 6) is 1.23. The highest BCUT2D eigenvalue weighted by atomic mass is 16.6. The second-order valence-corrected chi connectivity index (χ2v) is 7.69. The van der Waals surface area contributed by atoms with Gasteiger partial charge in [0.25, 0.3) is 5.69 Å². The monoisotopic (exact) mass is 361 g/mol. The molecule has 1 aliphatic heterocycles. The minimum atomic E-state index is -0.417. The molecule has 0 radical (unpaired) electrons. The number of carbonyl (C=O) groups excluding carboxylic acids is 1. The Morgan fingerprint density at radius 2 is 1.74 bits per heavy atom. The molecular weight excluding hydrogens is 342 g/mol. The van der Waals surface area contributed by atoms with Crippen LogP contribution < -0.4 is 0 Å². The Labute approximate surface area is 156 Å². The summed E-state index contributed by atoms with van der Waals surface area (Å²) in [6.45, 7) is 0. The van der Waals surface area contributed by atoms with Crippen LogP contribution in [-0.4, -0.2) is 10.9 Å². The van der Waals surface area contributed by atoms with Crippen molar-refractivity contribution in [2.24, 2.45) is 17.8 Å². The molecule has 27 heavy (non-hydrogen) atoms. The van der Waals surface area contributed by atoms with Gasteiger partial charge in [-0.2, -0.15) is 0 Å². The lowest BCUT2D eigenvalue weighted by atomic mass is 9.71. The minimum Gasteiger partial charge on any atom is -0.425 e. The molecule has 4 atom stereocenters. The summed E-state index contributed by atoms with van der Waals surface area (Å²) in [6, 6.07) is 16.2. The summed E-state index contributed by atoms with van der Waals surface area (Å²) in [7, 11) is 0. The fourth-order valence-corrected chi connectivity index (χ4v) is 5.27. The molecular formula is C22H19NO4. The van der Waals surface area contributed by atoms with E-state index in [-0.39, 0.29) is 23.5 Å². The van der Waals surface area contributed by atoms with Crippen LogP contribution in [0.25, 0.3) is 5.76 Å². The van der Waals surface area contributed by atoms with Crippen LogP contribution in [-0.2, 0) is 9.53 Å². The molecule has 5 heteroatoms. The van der Waals surface area contributed by atoms with Crippen LogP contribution in [0.5, 0.6) is 0 Å². The summed E-state index contributed by atoms with van der Waals surface area (Å²) in [5.41, 5.74) is 3.09. The Morgan fingerprint density at radius 3 is 2.44 bits per heavy atom. The molecule has 2 bridgehead atoms. The molecule has 5 nitrogen and oxygen atoms in total. The van der Waals surface area contributed by atoms with Crippen molar-refractivity contribution in [2.45, 2.75) is 25.2 Å². The molecule has 2 aromatic rings. The first-order chi connectivity index (χ1) is 13.1. The average Bonchev–Trinajstić information content (AvgIpc) is 3.30. The molecule has 3 aliphatic rings. The minimum absolute atomic E-state index is 0.0385. The number of benzene rings is 2. The molecule has 0 spiro atoms. The number of cyclic esters (lactones) is 1. The third-order valence-electron chi connectivity index (χ3n) is 6.36. The molecule has 5 rings (SSSR count). The van der Waals surface area contributed by atoms with Gasteiger partial charge in [0, 0.05) is 23.6 Å². The van der Waals surface area contributed by atoms with E-state index in [9.17, 15) is 14.9 Å². The molecule has 2 aliphatic carbocycles. The van der Waals surface area contributed by atoms with Crippen molar-refractivity contribution >= 4 is 17.4 Å². The lowest BCUT2D eigenvalue weighted by Crippen LogP contribution is -2.34. The topological polar surface area (TPSA) is 69.4 Å². The number of allylic oxidation sites excluding steroid dienone is 1. The third-order valence-corrected chi connectivity index (χ3v) is 6.36. The highest BCUT2D eigenvalue weighted by Crippen LogP contribution is 2.60. The van der Waals surface area contributed by atoms with Gasteiger partial charge in [0.2, 0.25) is 0 Å². The summed E-state index contributed by atoms with van der Waals surface area (Å²) in [5, 5.41) is 10.9. The summed E-state index contributed by atoms with van der Waals surface area (Å²) in [6.07, 6.45) is 3.39. The molecule has 0 amide bonds. The first-order valence-electron chi connectivity index (χ1n) is 9.39. The zero-order valence-electron chi connectivity index (χ0n) is 14.7. The van der Waals surface area contributed by atoms with E-state index >= 15 is 0 Å². The molecule has 2 fully saturated rings. The van der Waals surface area contributed by atoms with E-state index in [0.717, 1.165) is 36.1 Å². The molecule has 2 saturated carbocycles. The molecule has 2 aromatic carbocycles. The van der Waals surface area contributed by atoms with Gasteiger partial charge in [-0.05, 0) is 42.2 Å². The number of hydrogen-bond donors (Lipinski definition) is 0. The quantitative estimate of drug-likeness (QED) is 0.452. The summed E-state index contributed by atoms with van der Waals surface area (Å²) < 4.78 is 5.89. The maximum absolute atomic E-state index is 13.0. The Balaban J connectivity index is 1.60. The van der Waals surface area contributed by atoms with Gasteiger partial charge in [0.1, 0.15) is 5.76 Å². The van der Waals surface area contributed by atoms with E-state index in [1.807, 2.05) is 30.3 Å². The van der Waals surface area contributed by atoms with Gasteiger partial charge in [-0.3, -0.25) is 14.9 Å². The second kappa shape index (κ2) is 6.05. The predicted octanol–water partition coefficient (Wildman–Crippen LogP) is 4.69. The van der Waals surface area contributed by atoms with Crippen LogP contribution in [0, 0.1) is 27.9 Å². The van der Waals surface area contributed by atoms with Crippen molar-refractivity contribution in [2.75, 3.05) is 0 Å². The Kier molecular flexibility index (Phi) is 3.64. The fourth-order valence-electron chi connectivity index (χ4n) is 5.27. The SMILES string of the molecule is O=C1OC(c2ccccc2)=C2[C@@H]3CCC(C3)[C@@H]2[C@H]1c1ccc([N+](=O)[O-])cc1. The van der Waals surface area contributed by atoms with Crippen LogP contribution in [0.3, 0.4) is 0 Å². The van der Waals surface area contributed by atoms with Gasteiger partial charge in [-0.15, -0.1) is 0 Å². The van der Waals surface area contributed by atoms with Crippen LogP contribution in [0.15, 0.2) is 60.2 Å². The maximum Gasteiger partial charge on any atom is 0.319 e. The van der Waals surface area contributed by atoms with Crippen molar-refractivity contribution in [3.05, 3.63) is 81.4 Å². The normalized spacial score (nSPS) is 28.8. The second-order valence-electron chi connectivity index (χ2n) is 7.69. The van der Waals surface area contributed by atoms with E-state index in [1.54, 1.807) is 12.1 Å². The zero-order chi connectivity index (χ0) is 18.5. The van der Waals surface area contributed by atoms with Gasteiger partial charge < -0.3 is 4.74 Å². The van der Waals surface area contributed by atoms with Gasteiger partial charge in [-0.25, -0.2) is 0 Å². The Morgan fingerprint density at radius 1 is 1.00 bits per heavy atom. The molecule has 136 valence electrons. The number of hydrogen-bond acceptors (Lipinski definition) is 4. The van der Waals surface area contributed by atoms with E-state index in [4.69, 9.17) is 4.74 Å². The molecule has 0 N–H and O–H groups in total. The number of non-ortho nitro benzene ring substituents is 1. The summed E-state index contributed by atoms with van der Waals surface area (Å²) in [4.78, 5) is 23.6. The highest BCUT2D eigenvalue weighted by Gasteiger charge is 2.54. The van der Waals surface area contributed by atoms with Crippen LogP contribution in [0.2, 0.25) is 0 Å². The van der Waals surface area contributed by atoms with Gasteiger partial charge in [0.05, 0.1) is 10.8 Å².